The van der Waals surface area contributed by atoms with E-state index >= 15 is 0 Å². The molecule has 2 N–H and O–H groups in total. The van der Waals surface area contributed by atoms with Crippen LogP contribution in [0.15, 0.2) is 54.9 Å². The van der Waals surface area contributed by atoms with Crippen LogP contribution in [0.25, 0.3) is 5.69 Å². The zero-order valence-electron chi connectivity index (χ0n) is 11.4. The van der Waals surface area contributed by atoms with E-state index in [9.17, 15) is 0 Å². The Morgan fingerprint density at radius 1 is 1.00 bits per heavy atom. The topological polar surface area (TPSA) is 78.9 Å². The Labute approximate surface area is 122 Å². The van der Waals surface area contributed by atoms with Gasteiger partial charge in [-0.25, -0.2) is 4.68 Å². The van der Waals surface area contributed by atoms with Gasteiger partial charge in [0.1, 0.15) is 12.9 Å². The van der Waals surface area contributed by atoms with Gasteiger partial charge in [0.05, 0.1) is 17.1 Å². The van der Waals surface area contributed by atoms with Crippen molar-refractivity contribution in [3.05, 3.63) is 66.2 Å². The molecule has 0 aliphatic heterocycles. The molecule has 0 spiro atoms. The molecule has 0 bridgehead atoms. The van der Waals surface area contributed by atoms with Gasteiger partial charge in [-0.15, -0.1) is 5.10 Å². The molecule has 2 aromatic heterocycles. The number of benzene rings is 1. The third-order valence-electron chi connectivity index (χ3n) is 2.91. The number of hydrogen-bond donors (Lipinski definition) is 1. The van der Waals surface area contributed by atoms with Gasteiger partial charge in [0.25, 0.3) is 0 Å². The van der Waals surface area contributed by atoms with Crippen LogP contribution >= 0.6 is 0 Å². The fourth-order valence-corrected chi connectivity index (χ4v) is 1.88. The second kappa shape index (κ2) is 6.15. The number of para-hydroxylation sites is 1. The van der Waals surface area contributed by atoms with Gasteiger partial charge in [0.2, 0.25) is 0 Å². The van der Waals surface area contributed by atoms with Crippen molar-refractivity contribution in [3.63, 3.8) is 0 Å². The lowest BCUT2D eigenvalue weighted by Crippen LogP contribution is -2.05. The van der Waals surface area contributed by atoms with E-state index in [1.807, 2.05) is 48.5 Å². The molecule has 0 saturated heterocycles. The summed E-state index contributed by atoms with van der Waals surface area (Å²) in [6.45, 7) is 0.724. The van der Waals surface area contributed by atoms with Crippen LogP contribution in [0.2, 0.25) is 0 Å². The van der Waals surface area contributed by atoms with Crippen LogP contribution in [0, 0.1) is 0 Å². The lowest BCUT2D eigenvalue weighted by Gasteiger charge is -2.03. The largest absolute Gasteiger partial charge is 0.456 e. The van der Waals surface area contributed by atoms with E-state index in [-0.39, 0.29) is 0 Å². The summed E-state index contributed by atoms with van der Waals surface area (Å²) in [5.74, 6) is 0. The molecule has 0 aliphatic rings. The maximum atomic E-state index is 5.56. The first-order valence-corrected chi connectivity index (χ1v) is 6.60. The summed E-state index contributed by atoms with van der Waals surface area (Å²) in [5, 5.41) is 4.27. The van der Waals surface area contributed by atoms with Crippen molar-refractivity contribution in [3.8, 4) is 11.7 Å². The van der Waals surface area contributed by atoms with E-state index < -0.39 is 0 Å². The Morgan fingerprint density at radius 2 is 1.81 bits per heavy atom. The molecule has 3 aromatic rings. The Bertz CT molecular complexity index is 711. The van der Waals surface area contributed by atoms with E-state index in [2.05, 4.69) is 15.1 Å². The average molecular weight is 281 g/mol. The van der Waals surface area contributed by atoms with Crippen LogP contribution in [0.4, 0.5) is 0 Å². The SMILES string of the molecule is NCc1cccc(COc2ncn(-c3ccccc3)n2)n1. The molecule has 0 amide bonds. The minimum atomic E-state index is 0.312. The number of aromatic nitrogens is 4. The normalized spacial score (nSPS) is 10.5. The van der Waals surface area contributed by atoms with E-state index in [0.717, 1.165) is 17.1 Å². The van der Waals surface area contributed by atoms with Crippen molar-refractivity contribution >= 4 is 0 Å². The summed E-state index contributed by atoms with van der Waals surface area (Å²) in [6.07, 6.45) is 1.62. The lowest BCUT2D eigenvalue weighted by atomic mass is 10.3. The maximum absolute atomic E-state index is 5.56. The molecular weight excluding hydrogens is 266 g/mol. The predicted molar refractivity (Wildman–Crippen MR) is 77.8 cm³/mol. The summed E-state index contributed by atoms with van der Waals surface area (Å²) in [5.41, 5.74) is 8.13. The molecule has 3 rings (SSSR count). The van der Waals surface area contributed by atoms with E-state index in [1.165, 1.54) is 0 Å². The number of hydrogen-bond acceptors (Lipinski definition) is 5. The van der Waals surface area contributed by atoms with E-state index in [1.54, 1.807) is 11.0 Å². The van der Waals surface area contributed by atoms with Gasteiger partial charge in [-0.3, -0.25) is 4.98 Å². The van der Waals surface area contributed by atoms with Gasteiger partial charge in [0.15, 0.2) is 0 Å². The molecule has 21 heavy (non-hydrogen) atoms. The standard InChI is InChI=1S/C15H15N5O/c16-9-12-5-4-6-13(18-12)10-21-15-17-11-20(19-15)14-7-2-1-3-8-14/h1-8,11H,9-10,16H2. The van der Waals surface area contributed by atoms with Crippen molar-refractivity contribution < 1.29 is 4.74 Å². The van der Waals surface area contributed by atoms with E-state index in [0.29, 0.717) is 19.2 Å². The van der Waals surface area contributed by atoms with Gasteiger partial charge in [-0.1, -0.05) is 24.3 Å². The van der Waals surface area contributed by atoms with Gasteiger partial charge >= 0.3 is 6.01 Å². The number of pyridine rings is 1. The molecule has 0 fully saturated rings. The molecule has 1 aromatic carbocycles. The van der Waals surface area contributed by atoms with E-state index in [4.69, 9.17) is 10.5 Å². The highest BCUT2D eigenvalue weighted by Gasteiger charge is 2.04. The number of rotatable bonds is 5. The Hall–Kier alpha value is -2.73. The average Bonchev–Trinajstić information content (AvgIpc) is 3.03. The Kier molecular flexibility index (Phi) is 3.88. The zero-order valence-corrected chi connectivity index (χ0v) is 11.4. The van der Waals surface area contributed by atoms with Gasteiger partial charge in [-0.2, -0.15) is 4.98 Å². The van der Waals surface area contributed by atoms with Crippen molar-refractivity contribution in [1.82, 2.24) is 19.7 Å². The fraction of sp³-hybridized carbons (Fsp3) is 0.133. The van der Waals surface area contributed by atoms with Crippen molar-refractivity contribution in [2.45, 2.75) is 13.2 Å². The fourth-order valence-electron chi connectivity index (χ4n) is 1.88. The molecule has 6 nitrogen and oxygen atoms in total. The third kappa shape index (κ3) is 3.24. The van der Waals surface area contributed by atoms with Crippen molar-refractivity contribution in [2.75, 3.05) is 0 Å². The first kappa shape index (κ1) is 13.3. The molecule has 0 radical (unpaired) electrons. The Balaban J connectivity index is 1.67. The number of nitrogens with two attached hydrogens (primary N) is 1. The molecule has 2 heterocycles. The quantitative estimate of drug-likeness (QED) is 0.770. The lowest BCUT2D eigenvalue weighted by molar-refractivity contribution is 0.276. The molecular formula is C15H15N5O. The molecule has 0 unspecified atom stereocenters. The summed E-state index contributed by atoms with van der Waals surface area (Å²) >= 11 is 0. The maximum Gasteiger partial charge on any atom is 0.336 e. The molecule has 0 aliphatic carbocycles. The van der Waals surface area contributed by atoms with Crippen LogP contribution in [0.3, 0.4) is 0 Å². The second-order valence-electron chi connectivity index (χ2n) is 4.42. The Morgan fingerprint density at radius 3 is 2.62 bits per heavy atom. The first-order valence-electron chi connectivity index (χ1n) is 6.60. The predicted octanol–water partition coefficient (Wildman–Crippen LogP) is 1.70. The smallest absolute Gasteiger partial charge is 0.336 e. The summed E-state index contributed by atoms with van der Waals surface area (Å²) in [6, 6.07) is 15.7. The highest BCUT2D eigenvalue weighted by Crippen LogP contribution is 2.09. The minimum Gasteiger partial charge on any atom is -0.456 e. The van der Waals surface area contributed by atoms with Crippen LogP contribution < -0.4 is 10.5 Å². The molecule has 0 saturated carbocycles. The van der Waals surface area contributed by atoms with Gasteiger partial charge in [-0.05, 0) is 24.3 Å². The monoisotopic (exact) mass is 281 g/mol. The van der Waals surface area contributed by atoms with Crippen LogP contribution in [-0.4, -0.2) is 19.7 Å². The molecule has 106 valence electrons. The van der Waals surface area contributed by atoms with Crippen molar-refractivity contribution in [2.24, 2.45) is 5.73 Å². The van der Waals surface area contributed by atoms with Crippen molar-refractivity contribution in [1.29, 1.82) is 0 Å². The first-order chi connectivity index (χ1) is 10.3. The molecule has 6 heteroatoms. The number of nitrogens with zero attached hydrogens (tertiary/aromatic N) is 4. The van der Waals surface area contributed by atoms with Gasteiger partial charge < -0.3 is 10.5 Å². The summed E-state index contributed by atoms with van der Waals surface area (Å²) in [4.78, 5) is 8.49. The van der Waals surface area contributed by atoms with Crippen LogP contribution in [0.5, 0.6) is 6.01 Å². The minimum absolute atomic E-state index is 0.312. The third-order valence-corrected chi connectivity index (χ3v) is 2.91. The second-order valence-corrected chi connectivity index (χ2v) is 4.42. The highest BCUT2D eigenvalue weighted by molar-refractivity contribution is 5.29. The highest BCUT2D eigenvalue weighted by atomic mass is 16.5. The zero-order chi connectivity index (χ0) is 14.5. The van der Waals surface area contributed by atoms with Gasteiger partial charge in [0, 0.05) is 6.54 Å². The van der Waals surface area contributed by atoms with Crippen LogP contribution in [-0.2, 0) is 13.2 Å². The van der Waals surface area contributed by atoms with Crippen LogP contribution in [0.1, 0.15) is 11.4 Å². The summed E-state index contributed by atoms with van der Waals surface area (Å²) in [7, 11) is 0. The number of ether oxygens (including phenoxy) is 1. The summed E-state index contributed by atoms with van der Waals surface area (Å²) < 4.78 is 7.21. The molecule has 0 atom stereocenters.